The van der Waals surface area contributed by atoms with Crippen molar-refractivity contribution in [3.05, 3.63) is 29.3 Å². The second-order valence-electron chi connectivity index (χ2n) is 7.16. The van der Waals surface area contributed by atoms with E-state index in [-0.39, 0.29) is 0 Å². The van der Waals surface area contributed by atoms with Gasteiger partial charge in [0.25, 0.3) is 0 Å². The molecule has 0 radical (unpaired) electrons. The van der Waals surface area contributed by atoms with Gasteiger partial charge in [0.15, 0.2) is 0 Å². The van der Waals surface area contributed by atoms with Gasteiger partial charge in [0.05, 0.1) is 0 Å². The standard InChI is InChI=1S/C18H24ClN3O/c19-14-2-1-3-15(12-14)21-8-10-22(11-9-21)17(23)16-13-18(16)4-6-20-7-5-18/h1-3,12,16,20H,4-11,13H2. The van der Waals surface area contributed by atoms with Crippen molar-refractivity contribution in [1.82, 2.24) is 10.2 Å². The smallest absolute Gasteiger partial charge is 0.226 e. The molecule has 1 N–H and O–H groups in total. The Morgan fingerprint density at radius 1 is 1.17 bits per heavy atom. The van der Waals surface area contributed by atoms with Gasteiger partial charge in [0.2, 0.25) is 5.91 Å². The van der Waals surface area contributed by atoms with Crippen molar-refractivity contribution in [2.75, 3.05) is 44.2 Å². The minimum Gasteiger partial charge on any atom is -0.368 e. The van der Waals surface area contributed by atoms with Crippen LogP contribution in [0.3, 0.4) is 0 Å². The summed E-state index contributed by atoms with van der Waals surface area (Å²) in [6, 6.07) is 7.98. The fourth-order valence-corrected chi connectivity index (χ4v) is 4.44. The van der Waals surface area contributed by atoms with Gasteiger partial charge in [0, 0.05) is 42.8 Å². The molecule has 5 heteroatoms. The highest BCUT2D eigenvalue weighted by atomic mass is 35.5. The predicted octanol–water partition coefficient (Wildman–Crippen LogP) is 2.38. The van der Waals surface area contributed by atoms with Crippen LogP contribution in [0.1, 0.15) is 19.3 Å². The summed E-state index contributed by atoms with van der Waals surface area (Å²) in [5.74, 6) is 0.694. The number of carbonyl (C=O) groups excluding carboxylic acids is 1. The second kappa shape index (κ2) is 5.99. The molecule has 4 rings (SSSR count). The van der Waals surface area contributed by atoms with Gasteiger partial charge in [0.1, 0.15) is 0 Å². The van der Waals surface area contributed by atoms with Gasteiger partial charge >= 0.3 is 0 Å². The zero-order valence-corrected chi connectivity index (χ0v) is 14.2. The van der Waals surface area contributed by atoms with Crippen molar-refractivity contribution in [3.8, 4) is 0 Å². The first kappa shape index (κ1) is 15.3. The molecule has 1 saturated carbocycles. The summed E-state index contributed by atoms with van der Waals surface area (Å²) in [4.78, 5) is 17.2. The number of hydrogen-bond donors (Lipinski definition) is 1. The molecule has 0 bridgehead atoms. The van der Waals surface area contributed by atoms with Crippen LogP contribution in [0.15, 0.2) is 24.3 Å². The van der Waals surface area contributed by atoms with Gasteiger partial charge in [-0.3, -0.25) is 4.79 Å². The fourth-order valence-electron chi connectivity index (χ4n) is 4.25. The van der Waals surface area contributed by atoms with E-state index in [4.69, 9.17) is 11.6 Å². The Bertz CT molecular complexity index is 592. The Labute approximate surface area is 142 Å². The van der Waals surface area contributed by atoms with E-state index in [0.717, 1.165) is 56.4 Å². The van der Waals surface area contributed by atoms with Crippen LogP contribution in [0.4, 0.5) is 5.69 Å². The Hall–Kier alpha value is -1.26. The van der Waals surface area contributed by atoms with Crippen LogP contribution >= 0.6 is 11.6 Å². The van der Waals surface area contributed by atoms with Gasteiger partial charge in [-0.2, -0.15) is 0 Å². The first-order valence-corrected chi connectivity index (χ1v) is 9.06. The van der Waals surface area contributed by atoms with Gasteiger partial charge in [-0.25, -0.2) is 0 Å². The second-order valence-corrected chi connectivity index (χ2v) is 7.60. The maximum atomic E-state index is 12.8. The minimum absolute atomic E-state index is 0.294. The third-order valence-corrected chi connectivity index (χ3v) is 6.09. The molecular weight excluding hydrogens is 310 g/mol. The molecule has 1 amide bonds. The van der Waals surface area contributed by atoms with Gasteiger partial charge in [-0.15, -0.1) is 0 Å². The van der Waals surface area contributed by atoms with E-state index in [2.05, 4.69) is 21.2 Å². The molecule has 23 heavy (non-hydrogen) atoms. The predicted molar refractivity (Wildman–Crippen MR) is 92.9 cm³/mol. The lowest BCUT2D eigenvalue weighted by atomic mass is 9.91. The molecule has 2 heterocycles. The lowest BCUT2D eigenvalue weighted by molar-refractivity contribution is -0.133. The summed E-state index contributed by atoms with van der Waals surface area (Å²) in [5, 5.41) is 4.18. The third-order valence-electron chi connectivity index (χ3n) is 5.85. The molecule has 2 aliphatic heterocycles. The molecule has 1 atom stereocenters. The number of piperazine rings is 1. The summed E-state index contributed by atoms with van der Waals surface area (Å²) < 4.78 is 0. The average Bonchev–Trinajstić information content (AvgIpc) is 3.28. The first-order chi connectivity index (χ1) is 11.2. The highest BCUT2D eigenvalue weighted by molar-refractivity contribution is 6.30. The Morgan fingerprint density at radius 3 is 2.61 bits per heavy atom. The molecule has 1 aromatic rings. The summed E-state index contributed by atoms with van der Waals surface area (Å²) >= 11 is 6.08. The first-order valence-electron chi connectivity index (χ1n) is 8.68. The van der Waals surface area contributed by atoms with Crippen molar-refractivity contribution in [3.63, 3.8) is 0 Å². The topological polar surface area (TPSA) is 35.6 Å². The van der Waals surface area contributed by atoms with E-state index in [1.54, 1.807) is 0 Å². The number of nitrogens with one attached hydrogen (secondary N) is 1. The van der Waals surface area contributed by atoms with E-state index in [9.17, 15) is 4.79 Å². The van der Waals surface area contributed by atoms with Crippen LogP contribution in [0.5, 0.6) is 0 Å². The molecule has 1 spiro atoms. The maximum Gasteiger partial charge on any atom is 0.226 e. The van der Waals surface area contributed by atoms with E-state index in [1.807, 2.05) is 18.2 Å². The number of rotatable bonds is 2. The lowest BCUT2D eigenvalue weighted by Crippen LogP contribution is -2.49. The SMILES string of the molecule is O=C(C1CC12CCNCC2)N1CCN(c2cccc(Cl)c2)CC1. The molecule has 3 fully saturated rings. The molecule has 1 unspecified atom stereocenters. The normalized spacial score (nSPS) is 26.4. The third kappa shape index (κ3) is 2.94. The maximum absolute atomic E-state index is 12.8. The highest BCUT2D eigenvalue weighted by Crippen LogP contribution is 2.59. The van der Waals surface area contributed by atoms with E-state index >= 15 is 0 Å². The van der Waals surface area contributed by atoms with E-state index in [1.165, 1.54) is 12.8 Å². The van der Waals surface area contributed by atoms with Crippen LogP contribution in [0, 0.1) is 11.3 Å². The molecule has 1 aromatic carbocycles. The molecule has 1 aliphatic carbocycles. The minimum atomic E-state index is 0.294. The molecule has 3 aliphatic rings. The fraction of sp³-hybridized carbons (Fsp3) is 0.611. The van der Waals surface area contributed by atoms with Crippen molar-refractivity contribution >= 4 is 23.2 Å². The summed E-state index contributed by atoms with van der Waals surface area (Å²) in [6.07, 6.45) is 3.46. The number of piperidine rings is 1. The number of benzene rings is 1. The molecule has 4 nitrogen and oxygen atoms in total. The molecule has 124 valence electrons. The zero-order valence-electron chi connectivity index (χ0n) is 13.4. The quantitative estimate of drug-likeness (QED) is 0.902. The summed E-state index contributed by atoms with van der Waals surface area (Å²) in [5.41, 5.74) is 1.50. The van der Waals surface area contributed by atoms with Gasteiger partial charge < -0.3 is 15.1 Å². The molecular formula is C18H24ClN3O. The summed E-state index contributed by atoms with van der Waals surface area (Å²) in [6.45, 7) is 5.60. The number of hydrogen-bond acceptors (Lipinski definition) is 3. The molecule has 2 saturated heterocycles. The number of nitrogens with zero attached hydrogens (tertiary/aromatic N) is 2. The molecule has 0 aromatic heterocycles. The number of amides is 1. The lowest BCUT2D eigenvalue weighted by Gasteiger charge is -2.37. The van der Waals surface area contributed by atoms with Gasteiger partial charge in [-0.05, 0) is 56.0 Å². The van der Waals surface area contributed by atoms with E-state index in [0.29, 0.717) is 17.2 Å². The van der Waals surface area contributed by atoms with Crippen LogP contribution in [0.2, 0.25) is 5.02 Å². The van der Waals surface area contributed by atoms with E-state index < -0.39 is 0 Å². The summed E-state index contributed by atoms with van der Waals surface area (Å²) in [7, 11) is 0. The van der Waals surface area contributed by atoms with Crippen molar-refractivity contribution < 1.29 is 4.79 Å². The van der Waals surface area contributed by atoms with Crippen molar-refractivity contribution in [1.29, 1.82) is 0 Å². The highest BCUT2D eigenvalue weighted by Gasteiger charge is 2.58. The number of carbonyl (C=O) groups is 1. The average molecular weight is 334 g/mol. The van der Waals surface area contributed by atoms with Crippen LogP contribution in [-0.2, 0) is 4.79 Å². The Kier molecular flexibility index (Phi) is 3.98. The zero-order chi connectivity index (χ0) is 15.9. The van der Waals surface area contributed by atoms with Crippen LogP contribution in [0.25, 0.3) is 0 Å². The number of halogens is 1. The van der Waals surface area contributed by atoms with Crippen LogP contribution in [-0.4, -0.2) is 50.1 Å². The Balaban J connectivity index is 1.34. The van der Waals surface area contributed by atoms with Crippen molar-refractivity contribution in [2.45, 2.75) is 19.3 Å². The largest absolute Gasteiger partial charge is 0.368 e. The van der Waals surface area contributed by atoms with Crippen molar-refractivity contribution in [2.24, 2.45) is 11.3 Å². The monoisotopic (exact) mass is 333 g/mol. The van der Waals surface area contributed by atoms with Gasteiger partial charge in [-0.1, -0.05) is 17.7 Å². The number of anilines is 1. The van der Waals surface area contributed by atoms with Crippen LogP contribution < -0.4 is 10.2 Å². The Morgan fingerprint density at radius 2 is 1.91 bits per heavy atom.